The fourth-order valence-electron chi connectivity index (χ4n) is 3.79. The number of benzene rings is 1. The Morgan fingerprint density at radius 1 is 1.23 bits per heavy atom. The fourth-order valence-corrected chi connectivity index (χ4v) is 3.79. The summed E-state index contributed by atoms with van der Waals surface area (Å²) in [5, 5.41) is 13.9. The van der Waals surface area contributed by atoms with Crippen LogP contribution in [0.2, 0.25) is 0 Å². The molecule has 2 aromatic heterocycles. The summed E-state index contributed by atoms with van der Waals surface area (Å²) in [6.45, 7) is 6.96. The van der Waals surface area contributed by atoms with Gasteiger partial charge in [-0.05, 0) is 50.6 Å². The molecule has 4 rings (SSSR count). The zero-order chi connectivity index (χ0) is 18.1. The summed E-state index contributed by atoms with van der Waals surface area (Å²) in [6, 6.07) is 16.3. The molecule has 1 aliphatic heterocycles. The zero-order valence-electron chi connectivity index (χ0n) is 15.1. The van der Waals surface area contributed by atoms with E-state index >= 15 is 0 Å². The van der Waals surface area contributed by atoms with Crippen LogP contribution >= 0.6 is 0 Å². The van der Waals surface area contributed by atoms with Crippen LogP contribution in [0.25, 0.3) is 11.3 Å². The first-order valence-corrected chi connectivity index (χ1v) is 8.97. The van der Waals surface area contributed by atoms with E-state index in [1.807, 2.05) is 43.3 Å². The fraction of sp³-hybridized carbons (Fsp3) is 0.333. The van der Waals surface area contributed by atoms with Crippen molar-refractivity contribution in [3.8, 4) is 17.4 Å². The van der Waals surface area contributed by atoms with E-state index in [9.17, 15) is 5.26 Å². The molecule has 132 valence electrons. The molecule has 1 saturated heterocycles. The first-order chi connectivity index (χ1) is 12.6. The van der Waals surface area contributed by atoms with Crippen molar-refractivity contribution in [2.75, 3.05) is 13.1 Å². The van der Waals surface area contributed by atoms with Gasteiger partial charge in [-0.3, -0.25) is 9.58 Å². The van der Waals surface area contributed by atoms with Crippen molar-refractivity contribution in [2.24, 2.45) is 0 Å². The minimum Gasteiger partial charge on any atom is -0.460 e. The first-order valence-electron chi connectivity index (χ1n) is 8.97. The van der Waals surface area contributed by atoms with Crippen LogP contribution in [0.3, 0.4) is 0 Å². The molecule has 1 aliphatic rings. The maximum atomic E-state index is 9.27. The summed E-state index contributed by atoms with van der Waals surface area (Å²) in [4.78, 5) is 2.40. The average molecular weight is 346 g/mol. The number of furan rings is 1. The lowest BCUT2D eigenvalue weighted by Gasteiger charge is -2.16. The Labute approximate surface area is 153 Å². The number of aromatic nitrogens is 2. The Kier molecular flexibility index (Phi) is 4.36. The lowest BCUT2D eigenvalue weighted by atomic mass is 10.1. The summed E-state index contributed by atoms with van der Waals surface area (Å²) in [5.41, 5.74) is 3.79. The van der Waals surface area contributed by atoms with Gasteiger partial charge in [0, 0.05) is 24.3 Å². The van der Waals surface area contributed by atoms with E-state index in [-0.39, 0.29) is 0 Å². The van der Waals surface area contributed by atoms with Gasteiger partial charge in [-0.1, -0.05) is 12.1 Å². The lowest BCUT2D eigenvalue weighted by Crippen LogP contribution is -2.21. The number of nitriles is 1. The van der Waals surface area contributed by atoms with Gasteiger partial charge in [0.05, 0.1) is 29.9 Å². The molecule has 1 fully saturated rings. The predicted molar refractivity (Wildman–Crippen MR) is 99.5 cm³/mol. The Hall–Kier alpha value is -2.84. The maximum Gasteiger partial charge on any atom is 0.135 e. The Balaban J connectivity index is 1.45. The van der Waals surface area contributed by atoms with Crippen LogP contribution in [0.1, 0.15) is 35.2 Å². The summed E-state index contributed by atoms with van der Waals surface area (Å²) < 4.78 is 8.19. The lowest BCUT2D eigenvalue weighted by molar-refractivity contribution is 0.284. The zero-order valence-corrected chi connectivity index (χ0v) is 15.1. The second-order valence-electron chi connectivity index (χ2n) is 6.97. The van der Waals surface area contributed by atoms with Crippen LogP contribution in [0.5, 0.6) is 0 Å². The molecular formula is C21H22N4O. The molecule has 26 heavy (non-hydrogen) atoms. The van der Waals surface area contributed by atoms with Gasteiger partial charge < -0.3 is 4.42 Å². The van der Waals surface area contributed by atoms with E-state index in [1.54, 1.807) is 0 Å². The molecule has 0 amide bonds. The normalized spacial score (nSPS) is 17.5. The second-order valence-corrected chi connectivity index (χ2v) is 6.97. The Morgan fingerprint density at radius 2 is 2.08 bits per heavy atom. The van der Waals surface area contributed by atoms with Crippen LogP contribution in [-0.4, -0.2) is 27.8 Å². The van der Waals surface area contributed by atoms with Gasteiger partial charge in [0.15, 0.2) is 0 Å². The molecule has 0 aliphatic carbocycles. The van der Waals surface area contributed by atoms with Gasteiger partial charge in [-0.25, -0.2) is 0 Å². The molecule has 0 spiro atoms. The van der Waals surface area contributed by atoms with Crippen molar-refractivity contribution in [3.63, 3.8) is 0 Å². The molecule has 3 aromatic rings. The molecule has 1 atom stereocenters. The van der Waals surface area contributed by atoms with E-state index in [4.69, 9.17) is 4.42 Å². The number of nitrogens with zero attached hydrogens (tertiary/aromatic N) is 4. The maximum absolute atomic E-state index is 9.27. The quantitative estimate of drug-likeness (QED) is 0.714. The summed E-state index contributed by atoms with van der Waals surface area (Å²) in [6.07, 6.45) is 1.10. The van der Waals surface area contributed by atoms with Crippen molar-refractivity contribution >= 4 is 0 Å². The smallest absolute Gasteiger partial charge is 0.135 e. The van der Waals surface area contributed by atoms with Crippen molar-refractivity contribution in [2.45, 2.75) is 32.9 Å². The third-order valence-electron chi connectivity index (χ3n) is 4.99. The number of hydrogen-bond acceptors (Lipinski definition) is 4. The van der Waals surface area contributed by atoms with Crippen LogP contribution in [0.4, 0.5) is 0 Å². The summed E-state index contributed by atoms with van der Waals surface area (Å²) in [7, 11) is 0. The molecule has 5 heteroatoms. The van der Waals surface area contributed by atoms with Gasteiger partial charge in [0.25, 0.3) is 0 Å². The largest absolute Gasteiger partial charge is 0.460 e. The number of rotatable bonds is 4. The minimum absolute atomic E-state index is 0.428. The summed E-state index contributed by atoms with van der Waals surface area (Å²) in [5.74, 6) is 1.69. The van der Waals surface area contributed by atoms with Crippen molar-refractivity contribution in [3.05, 3.63) is 65.2 Å². The third kappa shape index (κ3) is 3.16. The summed E-state index contributed by atoms with van der Waals surface area (Å²) >= 11 is 0. The molecular weight excluding hydrogens is 324 g/mol. The Bertz CT molecular complexity index is 963. The predicted octanol–water partition coefficient (Wildman–Crippen LogP) is 4.08. The minimum atomic E-state index is 0.428. The topological polar surface area (TPSA) is 58.0 Å². The van der Waals surface area contributed by atoms with Crippen molar-refractivity contribution in [1.29, 1.82) is 5.26 Å². The van der Waals surface area contributed by atoms with Gasteiger partial charge in [-0.2, -0.15) is 10.4 Å². The number of likely N-dealkylation sites (tertiary alicyclic amines) is 1. The van der Waals surface area contributed by atoms with E-state index in [0.717, 1.165) is 48.8 Å². The average Bonchev–Trinajstić information content (AvgIpc) is 3.36. The number of hydrogen-bond donors (Lipinski definition) is 0. The molecule has 0 N–H and O–H groups in total. The van der Waals surface area contributed by atoms with E-state index < -0.39 is 0 Å². The van der Waals surface area contributed by atoms with Crippen LogP contribution in [0.15, 0.2) is 46.9 Å². The van der Waals surface area contributed by atoms with Gasteiger partial charge in [0.1, 0.15) is 11.5 Å². The van der Waals surface area contributed by atoms with E-state index in [1.165, 1.54) is 5.69 Å². The van der Waals surface area contributed by atoms with Crippen molar-refractivity contribution in [1.82, 2.24) is 14.7 Å². The van der Waals surface area contributed by atoms with Crippen LogP contribution < -0.4 is 0 Å². The molecule has 1 aromatic carbocycles. The molecule has 5 nitrogen and oxygen atoms in total. The highest BCUT2D eigenvalue weighted by Gasteiger charge is 2.26. The molecule has 0 saturated carbocycles. The van der Waals surface area contributed by atoms with Crippen LogP contribution in [-0.2, 0) is 6.54 Å². The Morgan fingerprint density at radius 3 is 2.85 bits per heavy atom. The molecule has 3 heterocycles. The van der Waals surface area contributed by atoms with Gasteiger partial charge in [-0.15, -0.1) is 0 Å². The van der Waals surface area contributed by atoms with E-state index in [0.29, 0.717) is 11.6 Å². The van der Waals surface area contributed by atoms with Crippen LogP contribution in [0, 0.1) is 25.2 Å². The highest BCUT2D eigenvalue weighted by atomic mass is 16.3. The highest BCUT2D eigenvalue weighted by molar-refractivity contribution is 5.66. The van der Waals surface area contributed by atoms with Gasteiger partial charge in [0.2, 0.25) is 0 Å². The van der Waals surface area contributed by atoms with Gasteiger partial charge >= 0.3 is 0 Å². The SMILES string of the molecule is Cc1cc(C)n([C@@H]2CCN(Cc3ccc(-c4ccccc4C#N)o3)C2)n1. The van der Waals surface area contributed by atoms with Crippen molar-refractivity contribution < 1.29 is 4.42 Å². The molecule has 0 radical (unpaired) electrons. The second kappa shape index (κ2) is 6.81. The number of aryl methyl sites for hydroxylation is 2. The molecule has 0 bridgehead atoms. The molecule has 0 unspecified atom stereocenters. The standard InChI is InChI=1S/C21H22N4O/c1-15-11-16(2)25(23-15)18-9-10-24(13-18)14-19-7-8-21(26-19)20-6-4-3-5-17(20)12-22/h3-8,11,18H,9-10,13-14H2,1-2H3/t18-/m1/s1. The monoisotopic (exact) mass is 346 g/mol. The third-order valence-corrected chi connectivity index (χ3v) is 4.99. The van der Waals surface area contributed by atoms with E-state index in [2.05, 4.69) is 33.7 Å². The highest BCUT2D eigenvalue weighted by Crippen LogP contribution is 2.28. The first kappa shape index (κ1) is 16.6.